The fraction of sp³-hybridized carbons (Fsp3) is 0.222. The van der Waals surface area contributed by atoms with Crippen LogP contribution in [0.4, 0.5) is 0 Å². The lowest BCUT2D eigenvalue weighted by Gasteiger charge is -2.15. The lowest BCUT2D eigenvalue weighted by Crippen LogP contribution is -2.34. The second-order valence-electron chi connectivity index (χ2n) is 5.45. The van der Waals surface area contributed by atoms with Gasteiger partial charge in [-0.15, -0.1) is 0 Å². The highest BCUT2D eigenvalue weighted by Crippen LogP contribution is 2.22. The van der Waals surface area contributed by atoms with E-state index in [0.29, 0.717) is 18.4 Å². The van der Waals surface area contributed by atoms with E-state index < -0.39 is 6.04 Å². The van der Waals surface area contributed by atoms with E-state index in [2.05, 4.69) is 21.2 Å². The summed E-state index contributed by atoms with van der Waals surface area (Å²) in [6.07, 6.45) is 0.564. The van der Waals surface area contributed by atoms with E-state index in [0.717, 1.165) is 14.7 Å². The fourth-order valence-corrected chi connectivity index (χ4v) is 4.18. The molecule has 6 heteroatoms. The summed E-state index contributed by atoms with van der Waals surface area (Å²) in [6, 6.07) is 14.7. The molecule has 0 saturated heterocycles. The van der Waals surface area contributed by atoms with E-state index in [1.165, 1.54) is 11.5 Å². The third-order valence-corrected chi connectivity index (χ3v) is 5.84. The Morgan fingerprint density at radius 3 is 2.62 bits per heavy atom. The number of amides is 1. The third-order valence-electron chi connectivity index (χ3n) is 3.90. The van der Waals surface area contributed by atoms with E-state index >= 15 is 0 Å². The van der Waals surface area contributed by atoms with Gasteiger partial charge in [-0.25, -0.2) is 0 Å². The number of hydrogen-bond acceptors (Lipinski definition) is 3. The Balaban J connectivity index is 1.82. The maximum Gasteiger partial charge on any atom is 0.269 e. The Morgan fingerprint density at radius 2 is 1.92 bits per heavy atom. The molecule has 1 heterocycles. The molecule has 1 aromatic heterocycles. The average Bonchev–Trinajstić information content (AvgIpc) is 2.92. The molecule has 0 spiro atoms. The maximum atomic E-state index is 12.6. The largest absolute Gasteiger partial charge is 0.350 e. The number of benzene rings is 2. The van der Waals surface area contributed by atoms with Gasteiger partial charge in [-0.05, 0) is 30.2 Å². The van der Waals surface area contributed by atoms with Gasteiger partial charge in [0.2, 0.25) is 5.91 Å². The summed E-state index contributed by atoms with van der Waals surface area (Å²) in [5, 5.41) is 3.61. The van der Waals surface area contributed by atoms with Crippen molar-refractivity contribution < 1.29 is 4.79 Å². The lowest BCUT2D eigenvalue weighted by molar-refractivity contribution is -0.124. The van der Waals surface area contributed by atoms with Crippen LogP contribution >= 0.6 is 27.5 Å². The van der Waals surface area contributed by atoms with Crippen molar-refractivity contribution in [1.82, 2.24) is 9.27 Å². The van der Waals surface area contributed by atoms with Gasteiger partial charge in [0.25, 0.3) is 5.56 Å². The van der Waals surface area contributed by atoms with E-state index in [9.17, 15) is 9.59 Å². The van der Waals surface area contributed by atoms with E-state index in [1.807, 2.05) is 49.4 Å². The van der Waals surface area contributed by atoms with Gasteiger partial charge in [0.15, 0.2) is 0 Å². The minimum absolute atomic E-state index is 0.0986. The molecule has 0 fully saturated rings. The molecule has 1 N–H and O–H groups in total. The average molecular weight is 405 g/mol. The van der Waals surface area contributed by atoms with Crippen molar-refractivity contribution >= 4 is 43.5 Å². The SMILES string of the molecule is CC[C@H](C(=O)NCc1ccccc1Br)n1sc2ccccc2c1=O. The van der Waals surface area contributed by atoms with Crippen LogP contribution in [-0.4, -0.2) is 9.86 Å². The van der Waals surface area contributed by atoms with Gasteiger partial charge in [-0.2, -0.15) is 0 Å². The van der Waals surface area contributed by atoms with Crippen molar-refractivity contribution in [3.63, 3.8) is 0 Å². The number of carbonyl (C=O) groups excluding carboxylic acids is 1. The number of rotatable bonds is 5. The summed E-state index contributed by atoms with van der Waals surface area (Å²) in [6.45, 7) is 2.34. The molecular weight excluding hydrogens is 388 g/mol. The van der Waals surface area contributed by atoms with Crippen LogP contribution in [0.15, 0.2) is 57.8 Å². The minimum Gasteiger partial charge on any atom is -0.350 e. The zero-order chi connectivity index (χ0) is 17.1. The molecule has 24 heavy (non-hydrogen) atoms. The van der Waals surface area contributed by atoms with Gasteiger partial charge >= 0.3 is 0 Å². The predicted molar refractivity (Wildman–Crippen MR) is 101 cm³/mol. The first-order chi connectivity index (χ1) is 11.6. The Kier molecular flexibility index (Phi) is 5.16. The van der Waals surface area contributed by atoms with Crippen LogP contribution in [0, 0.1) is 0 Å². The van der Waals surface area contributed by atoms with Crippen molar-refractivity contribution in [3.05, 3.63) is 68.9 Å². The van der Waals surface area contributed by atoms with Crippen LogP contribution in [0.3, 0.4) is 0 Å². The van der Waals surface area contributed by atoms with Crippen molar-refractivity contribution in [2.24, 2.45) is 0 Å². The lowest BCUT2D eigenvalue weighted by atomic mass is 10.2. The zero-order valence-electron chi connectivity index (χ0n) is 13.2. The molecule has 2 aromatic carbocycles. The first-order valence-electron chi connectivity index (χ1n) is 7.73. The molecule has 4 nitrogen and oxygen atoms in total. The fourth-order valence-electron chi connectivity index (χ4n) is 2.59. The molecule has 0 bridgehead atoms. The standard InChI is InChI=1S/C18H17BrN2O2S/c1-2-15(17(22)20-11-12-7-3-5-9-14(12)19)21-18(23)13-8-4-6-10-16(13)24-21/h3-10,15H,2,11H2,1H3,(H,20,22)/t15-/m1/s1. The van der Waals surface area contributed by atoms with Gasteiger partial charge in [-0.3, -0.25) is 13.5 Å². The summed E-state index contributed by atoms with van der Waals surface area (Å²) in [4.78, 5) is 25.2. The molecule has 3 aromatic rings. The van der Waals surface area contributed by atoms with Crippen LogP contribution in [0.1, 0.15) is 24.9 Å². The van der Waals surface area contributed by atoms with Crippen molar-refractivity contribution in [2.45, 2.75) is 25.9 Å². The van der Waals surface area contributed by atoms with Crippen LogP contribution in [-0.2, 0) is 11.3 Å². The summed E-state index contributed by atoms with van der Waals surface area (Å²) in [5.41, 5.74) is 0.905. The first-order valence-corrected chi connectivity index (χ1v) is 9.30. The van der Waals surface area contributed by atoms with Gasteiger partial charge in [-0.1, -0.05) is 64.7 Å². The van der Waals surface area contributed by atoms with Crippen LogP contribution < -0.4 is 10.9 Å². The molecule has 0 aliphatic heterocycles. The second kappa shape index (κ2) is 7.32. The Morgan fingerprint density at radius 1 is 1.21 bits per heavy atom. The van der Waals surface area contributed by atoms with Crippen LogP contribution in [0.5, 0.6) is 0 Å². The van der Waals surface area contributed by atoms with Gasteiger partial charge in [0, 0.05) is 11.0 Å². The number of carbonyl (C=O) groups is 1. The normalized spacial score (nSPS) is 12.2. The Labute approximate surface area is 152 Å². The quantitative estimate of drug-likeness (QED) is 0.695. The second-order valence-corrected chi connectivity index (χ2v) is 7.32. The van der Waals surface area contributed by atoms with Crippen LogP contribution in [0.2, 0.25) is 0 Å². The van der Waals surface area contributed by atoms with Crippen molar-refractivity contribution in [2.75, 3.05) is 0 Å². The molecule has 0 aliphatic carbocycles. The van der Waals surface area contributed by atoms with Crippen molar-refractivity contribution in [1.29, 1.82) is 0 Å². The minimum atomic E-state index is -0.489. The Bertz CT molecular complexity index is 932. The highest BCUT2D eigenvalue weighted by atomic mass is 79.9. The summed E-state index contributed by atoms with van der Waals surface area (Å²) < 4.78 is 3.44. The van der Waals surface area contributed by atoms with Gasteiger partial charge in [0.1, 0.15) is 6.04 Å². The Hall–Kier alpha value is -1.92. The molecule has 124 valence electrons. The summed E-state index contributed by atoms with van der Waals surface area (Å²) in [5.74, 6) is -0.137. The molecule has 0 unspecified atom stereocenters. The maximum absolute atomic E-state index is 12.6. The number of fused-ring (bicyclic) bond motifs is 1. The van der Waals surface area contributed by atoms with Crippen molar-refractivity contribution in [3.8, 4) is 0 Å². The van der Waals surface area contributed by atoms with Gasteiger partial charge in [0.05, 0.1) is 10.1 Å². The molecule has 1 atom stereocenters. The van der Waals surface area contributed by atoms with Gasteiger partial charge < -0.3 is 5.32 Å². The number of aromatic nitrogens is 1. The molecule has 1 amide bonds. The first kappa shape index (κ1) is 16.9. The molecule has 0 radical (unpaired) electrons. The molecular formula is C18H17BrN2O2S. The summed E-state index contributed by atoms with van der Waals surface area (Å²) >= 11 is 4.82. The third kappa shape index (κ3) is 3.30. The highest BCUT2D eigenvalue weighted by Gasteiger charge is 2.22. The van der Waals surface area contributed by atoms with E-state index in [1.54, 1.807) is 10.0 Å². The molecule has 3 rings (SSSR count). The number of nitrogens with zero attached hydrogens (tertiary/aromatic N) is 1. The zero-order valence-corrected chi connectivity index (χ0v) is 15.6. The number of hydrogen-bond donors (Lipinski definition) is 1. The van der Waals surface area contributed by atoms with E-state index in [-0.39, 0.29) is 11.5 Å². The predicted octanol–water partition coefficient (Wildman–Crippen LogP) is 4.09. The monoisotopic (exact) mass is 404 g/mol. The number of halogens is 1. The summed E-state index contributed by atoms with van der Waals surface area (Å²) in [7, 11) is 0. The topological polar surface area (TPSA) is 51.1 Å². The van der Waals surface area contributed by atoms with Crippen LogP contribution in [0.25, 0.3) is 10.1 Å². The highest BCUT2D eigenvalue weighted by molar-refractivity contribution is 9.10. The molecule has 0 saturated carbocycles. The molecule has 0 aliphatic rings. The smallest absolute Gasteiger partial charge is 0.269 e. The van der Waals surface area contributed by atoms with E-state index in [4.69, 9.17) is 0 Å². The number of nitrogens with one attached hydrogen (secondary N) is 1.